The molecule has 0 saturated heterocycles. The van der Waals surface area contributed by atoms with E-state index in [0.717, 1.165) is 17.7 Å². The van der Waals surface area contributed by atoms with Gasteiger partial charge in [0.05, 0.1) is 14.2 Å². The van der Waals surface area contributed by atoms with E-state index in [0.29, 0.717) is 17.6 Å². The lowest BCUT2D eigenvalue weighted by molar-refractivity contribution is -0.265. The lowest BCUT2D eigenvalue weighted by Crippen LogP contribution is -2.24. The quantitative estimate of drug-likeness (QED) is 0.263. The summed E-state index contributed by atoms with van der Waals surface area (Å²) in [4.78, 5) is 21.9. The van der Waals surface area contributed by atoms with Crippen molar-refractivity contribution in [3.8, 4) is 0 Å². The Morgan fingerprint density at radius 2 is 1.72 bits per heavy atom. The number of ether oxygens (including phenoxy) is 1. The molecule has 0 radical (unpaired) electrons. The predicted molar refractivity (Wildman–Crippen MR) is 84.1 cm³/mol. The number of halogens is 3. The van der Waals surface area contributed by atoms with Crippen molar-refractivity contribution in [2.24, 2.45) is 0 Å². The zero-order valence-electron chi connectivity index (χ0n) is 14.4. The van der Waals surface area contributed by atoms with Crippen LogP contribution < -0.4 is 0 Å². The van der Waals surface area contributed by atoms with E-state index in [-0.39, 0.29) is 17.7 Å². The highest BCUT2D eigenvalue weighted by atomic mass is 19.2. The van der Waals surface area contributed by atoms with Crippen LogP contribution in [0.15, 0.2) is 34.4 Å². The number of rotatable bonds is 5. The Hall–Kier alpha value is -2.12. The molecule has 1 unspecified atom stereocenters. The Bertz CT molecular complexity index is 730. The fraction of sp³-hybridized carbons (Fsp3) is 0.389. The van der Waals surface area contributed by atoms with Gasteiger partial charge in [0.15, 0.2) is 17.5 Å². The average Bonchev–Trinajstić information content (AvgIpc) is 2.57. The predicted octanol–water partition coefficient (Wildman–Crippen LogP) is 3.98. The molecule has 136 valence electrons. The summed E-state index contributed by atoms with van der Waals surface area (Å²) < 4.78 is 45.7. The van der Waals surface area contributed by atoms with Gasteiger partial charge >= 0.3 is 5.97 Å². The van der Waals surface area contributed by atoms with Crippen LogP contribution in [-0.2, 0) is 19.3 Å². The SMILES string of the molecule is COOCC1=C(C)CC(C)=C(C(=O)OC)C1c1cc(F)c(F)c(F)c1. The van der Waals surface area contributed by atoms with Crippen LogP contribution in [0.2, 0.25) is 0 Å². The van der Waals surface area contributed by atoms with E-state index in [1.165, 1.54) is 14.2 Å². The highest BCUT2D eigenvalue weighted by molar-refractivity contribution is 5.92. The van der Waals surface area contributed by atoms with E-state index in [1.807, 2.05) is 6.92 Å². The minimum atomic E-state index is -1.56. The first-order valence-electron chi connectivity index (χ1n) is 7.58. The third-order valence-electron chi connectivity index (χ3n) is 4.25. The fourth-order valence-electron chi connectivity index (χ4n) is 3.11. The minimum Gasteiger partial charge on any atom is -0.466 e. The van der Waals surface area contributed by atoms with Gasteiger partial charge in [0, 0.05) is 11.5 Å². The molecular formula is C18H19F3O4. The van der Waals surface area contributed by atoms with Crippen molar-refractivity contribution in [2.45, 2.75) is 26.2 Å². The lowest BCUT2D eigenvalue weighted by Gasteiger charge is -2.30. The molecule has 0 saturated carbocycles. The number of hydrogen-bond acceptors (Lipinski definition) is 4. The first-order valence-corrected chi connectivity index (χ1v) is 7.58. The minimum absolute atomic E-state index is 0.0125. The summed E-state index contributed by atoms with van der Waals surface area (Å²) in [6, 6.07) is 1.76. The molecule has 7 heteroatoms. The van der Waals surface area contributed by atoms with Gasteiger partial charge in [-0.05, 0) is 43.5 Å². The Morgan fingerprint density at radius 1 is 1.12 bits per heavy atom. The van der Waals surface area contributed by atoms with E-state index >= 15 is 0 Å². The molecule has 1 atom stereocenters. The summed E-state index contributed by atoms with van der Waals surface area (Å²) >= 11 is 0. The van der Waals surface area contributed by atoms with Crippen molar-refractivity contribution >= 4 is 5.97 Å². The van der Waals surface area contributed by atoms with Gasteiger partial charge in [0.2, 0.25) is 0 Å². The second kappa shape index (κ2) is 7.84. The maximum Gasteiger partial charge on any atom is 0.334 e. The van der Waals surface area contributed by atoms with E-state index in [9.17, 15) is 18.0 Å². The molecule has 1 aliphatic carbocycles. The molecule has 2 rings (SSSR count). The summed E-state index contributed by atoms with van der Waals surface area (Å²) in [6.45, 7) is 3.56. The number of carbonyl (C=O) groups excluding carboxylic acids is 1. The summed E-state index contributed by atoms with van der Waals surface area (Å²) in [5.41, 5.74) is 2.55. The van der Waals surface area contributed by atoms with Crippen LogP contribution >= 0.6 is 0 Å². The number of allylic oxidation sites excluding steroid dienone is 2. The van der Waals surface area contributed by atoms with Crippen molar-refractivity contribution in [1.82, 2.24) is 0 Å². The standard InChI is InChI=1S/C18H19F3O4/c1-9-5-10(2)15(18(22)23-3)16(12(9)8-25-24-4)11-6-13(19)17(21)14(20)7-11/h6-7,16H,5,8H2,1-4H3. The Balaban J connectivity index is 2.66. The molecule has 1 aliphatic rings. The summed E-state index contributed by atoms with van der Waals surface area (Å²) in [5.74, 6) is -5.65. The molecular weight excluding hydrogens is 337 g/mol. The molecule has 1 aromatic rings. The van der Waals surface area contributed by atoms with Gasteiger partial charge in [-0.3, -0.25) is 0 Å². The van der Waals surface area contributed by atoms with Gasteiger partial charge in [0.25, 0.3) is 0 Å². The van der Waals surface area contributed by atoms with Crippen molar-refractivity contribution in [3.05, 3.63) is 57.4 Å². The smallest absolute Gasteiger partial charge is 0.334 e. The largest absolute Gasteiger partial charge is 0.466 e. The Morgan fingerprint density at radius 3 is 2.24 bits per heavy atom. The van der Waals surface area contributed by atoms with Crippen molar-refractivity contribution in [2.75, 3.05) is 20.8 Å². The van der Waals surface area contributed by atoms with Gasteiger partial charge in [-0.1, -0.05) is 11.1 Å². The molecule has 0 aromatic heterocycles. The molecule has 0 aliphatic heterocycles. The number of carbonyl (C=O) groups is 1. The van der Waals surface area contributed by atoms with Crippen LogP contribution in [0.3, 0.4) is 0 Å². The van der Waals surface area contributed by atoms with Gasteiger partial charge in [-0.2, -0.15) is 0 Å². The third-order valence-corrected chi connectivity index (χ3v) is 4.25. The fourth-order valence-corrected chi connectivity index (χ4v) is 3.11. The first-order chi connectivity index (χ1) is 11.8. The second-order valence-corrected chi connectivity index (χ2v) is 5.83. The summed E-state index contributed by atoms with van der Waals surface area (Å²) in [7, 11) is 2.55. The number of hydrogen-bond donors (Lipinski definition) is 0. The normalized spacial score (nSPS) is 18.0. The zero-order chi connectivity index (χ0) is 18.7. The number of esters is 1. The van der Waals surface area contributed by atoms with Gasteiger partial charge in [-0.15, -0.1) is 0 Å². The topological polar surface area (TPSA) is 44.8 Å². The number of methoxy groups -OCH3 is 1. The summed E-state index contributed by atoms with van der Waals surface area (Å²) in [5, 5.41) is 0. The third kappa shape index (κ3) is 3.77. The number of benzene rings is 1. The van der Waals surface area contributed by atoms with Gasteiger partial charge in [-0.25, -0.2) is 27.7 Å². The molecule has 4 nitrogen and oxygen atoms in total. The second-order valence-electron chi connectivity index (χ2n) is 5.83. The molecule has 0 N–H and O–H groups in total. The zero-order valence-corrected chi connectivity index (χ0v) is 14.4. The van der Waals surface area contributed by atoms with E-state index in [4.69, 9.17) is 9.62 Å². The molecule has 25 heavy (non-hydrogen) atoms. The highest BCUT2D eigenvalue weighted by Crippen LogP contribution is 2.42. The molecule has 0 bridgehead atoms. The molecule has 0 amide bonds. The molecule has 0 heterocycles. The monoisotopic (exact) mass is 356 g/mol. The highest BCUT2D eigenvalue weighted by Gasteiger charge is 2.34. The van der Waals surface area contributed by atoms with Crippen LogP contribution in [0, 0.1) is 17.5 Å². The van der Waals surface area contributed by atoms with Crippen LogP contribution in [0.5, 0.6) is 0 Å². The Kier molecular flexibility index (Phi) is 6.02. The van der Waals surface area contributed by atoms with Crippen molar-refractivity contribution < 1.29 is 32.5 Å². The lowest BCUT2D eigenvalue weighted by atomic mass is 9.75. The van der Waals surface area contributed by atoms with Crippen LogP contribution in [0.4, 0.5) is 13.2 Å². The van der Waals surface area contributed by atoms with E-state index < -0.39 is 29.3 Å². The van der Waals surface area contributed by atoms with Gasteiger partial charge in [0.1, 0.15) is 6.61 Å². The van der Waals surface area contributed by atoms with Crippen molar-refractivity contribution in [1.29, 1.82) is 0 Å². The van der Waals surface area contributed by atoms with E-state index in [1.54, 1.807) is 6.92 Å². The van der Waals surface area contributed by atoms with Gasteiger partial charge < -0.3 is 4.74 Å². The Labute approximate surface area is 143 Å². The average molecular weight is 356 g/mol. The molecule has 1 aromatic carbocycles. The molecule has 0 fully saturated rings. The first kappa shape index (κ1) is 19.2. The van der Waals surface area contributed by atoms with Crippen LogP contribution in [0.25, 0.3) is 0 Å². The molecule has 0 spiro atoms. The van der Waals surface area contributed by atoms with E-state index in [2.05, 4.69) is 4.89 Å². The summed E-state index contributed by atoms with van der Waals surface area (Å²) in [6.07, 6.45) is 0.482. The van der Waals surface area contributed by atoms with Crippen LogP contribution in [0.1, 0.15) is 31.7 Å². The maximum absolute atomic E-state index is 13.8. The van der Waals surface area contributed by atoms with Crippen molar-refractivity contribution in [3.63, 3.8) is 0 Å². The maximum atomic E-state index is 13.8. The van der Waals surface area contributed by atoms with Crippen LogP contribution in [-0.4, -0.2) is 26.8 Å².